The number of pyridine rings is 1. The van der Waals surface area contributed by atoms with E-state index in [1.807, 2.05) is 36.4 Å². The van der Waals surface area contributed by atoms with E-state index in [9.17, 15) is 23.3 Å². The summed E-state index contributed by atoms with van der Waals surface area (Å²) in [5, 5.41) is 10.9. The highest BCUT2D eigenvalue weighted by atomic mass is 19.4. The summed E-state index contributed by atoms with van der Waals surface area (Å²) in [6.45, 7) is 5.28. The summed E-state index contributed by atoms with van der Waals surface area (Å²) in [4.78, 5) is 23.5. The topological polar surface area (TPSA) is 117 Å². The summed E-state index contributed by atoms with van der Waals surface area (Å²) in [5.41, 5.74) is 1.88. The molecule has 2 aliphatic heterocycles. The summed E-state index contributed by atoms with van der Waals surface area (Å²) in [6.07, 6.45) is -1.26. The highest BCUT2D eigenvalue weighted by molar-refractivity contribution is 5.41. The molecule has 2 aromatic carbocycles. The van der Waals surface area contributed by atoms with E-state index >= 15 is 0 Å². The van der Waals surface area contributed by atoms with Crippen LogP contribution in [0.15, 0.2) is 73.1 Å². The molecule has 0 bridgehead atoms. The molecule has 2 aromatic heterocycles. The molecule has 0 saturated carbocycles. The number of ether oxygens (including phenoxy) is 4. The lowest BCUT2D eigenvalue weighted by atomic mass is 10.2. The van der Waals surface area contributed by atoms with Crippen LogP contribution in [0.25, 0.3) is 0 Å². The maximum absolute atomic E-state index is 12.3. The Morgan fingerprint density at radius 2 is 1.59 bits per heavy atom. The smallest absolute Gasteiger partial charge is 0.489 e. The van der Waals surface area contributed by atoms with Crippen LogP contribution in [0.2, 0.25) is 0 Å². The van der Waals surface area contributed by atoms with Crippen molar-refractivity contribution in [2.75, 3.05) is 37.7 Å². The summed E-state index contributed by atoms with van der Waals surface area (Å²) >= 11 is 0. The molecule has 242 valence electrons. The van der Waals surface area contributed by atoms with Crippen molar-refractivity contribution in [2.45, 2.75) is 38.6 Å². The van der Waals surface area contributed by atoms with Gasteiger partial charge in [0.25, 0.3) is 0 Å². The normalized spacial score (nSPS) is 16.8. The Labute approximate surface area is 262 Å². The molecule has 1 unspecified atom stereocenters. The second kappa shape index (κ2) is 13.5. The van der Waals surface area contributed by atoms with Crippen molar-refractivity contribution in [3.8, 4) is 23.3 Å². The number of nitrogens with zero attached hydrogens (tertiary/aromatic N) is 6. The van der Waals surface area contributed by atoms with Crippen molar-refractivity contribution in [1.82, 2.24) is 19.4 Å². The standard InChI is InChI=1S/C31H31F3N6O6/c32-31(33,34)46-25-7-3-23(4-8-25)20-43-24-5-1-22(2-6-24)18-37-13-15-38(16-14-37)28-10-9-26(17-35-28)44-21-27-11-12-39-19-29(40(41)42)36-30(39)45-27/h1-10,17,19,27H,11-16,18,20-21H2. The van der Waals surface area contributed by atoms with Crippen LogP contribution in [-0.4, -0.2) is 69.6 Å². The van der Waals surface area contributed by atoms with E-state index < -0.39 is 11.3 Å². The molecule has 1 saturated heterocycles. The van der Waals surface area contributed by atoms with E-state index in [0.29, 0.717) is 24.5 Å². The van der Waals surface area contributed by atoms with Gasteiger partial charge in [0.1, 0.15) is 48.6 Å². The predicted octanol–water partition coefficient (Wildman–Crippen LogP) is 5.22. The van der Waals surface area contributed by atoms with Crippen LogP contribution < -0.4 is 23.8 Å². The van der Waals surface area contributed by atoms with Gasteiger partial charge in [-0.15, -0.1) is 13.2 Å². The van der Waals surface area contributed by atoms with Crippen LogP contribution in [0, 0.1) is 10.1 Å². The second-order valence-electron chi connectivity index (χ2n) is 10.9. The van der Waals surface area contributed by atoms with Crippen LogP contribution >= 0.6 is 0 Å². The van der Waals surface area contributed by atoms with E-state index in [2.05, 4.69) is 24.5 Å². The van der Waals surface area contributed by atoms with E-state index in [1.165, 1.54) is 30.5 Å². The number of anilines is 1. The third kappa shape index (κ3) is 8.15. The third-order valence-electron chi connectivity index (χ3n) is 7.62. The van der Waals surface area contributed by atoms with Gasteiger partial charge in [0.15, 0.2) is 0 Å². The number of rotatable bonds is 11. The van der Waals surface area contributed by atoms with Crippen LogP contribution in [0.1, 0.15) is 17.5 Å². The van der Waals surface area contributed by atoms with Gasteiger partial charge >= 0.3 is 18.2 Å². The summed E-state index contributed by atoms with van der Waals surface area (Å²) in [6, 6.07) is 17.5. The second-order valence-corrected chi connectivity index (χ2v) is 10.9. The van der Waals surface area contributed by atoms with Crippen molar-refractivity contribution >= 4 is 11.6 Å². The largest absolute Gasteiger partial charge is 0.573 e. The SMILES string of the molecule is O=[N+]([O-])c1cn2c(n1)OC(COc1ccc(N3CCN(Cc4ccc(OCc5ccc(OC(F)(F)F)cc5)cc4)CC3)nc1)CC2. The minimum atomic E-state index is -4.72. The first-order valence-electron chi connectivity index (χ1n) is 14.7. The number of alkyl halides is 3. The lowest BCUT2D eigenvalue weighted by Gasteiger charge is -2.35. The molecular weight excluding hydrogens is 609 g/mol. The fourth-order valence-electron chi connectivity index (χ4n) is 5.21. The van der Waals surface area contributed by atoms with Gasteiger partial charge in [-0.2, -0.15) is 0 Å². The predicted molar refractivity (Wildman–Crippen MR) is 159 cm³/mol. The molecule has 2 aliphatic rings. The Bertz CT molecular complexity index is 1610. The molecule has 15 heteroatoms. The Hall–Kier alpha value is -5.05. The average Bonchev–Trinajstić information content (AvgIpc) is 3.48. The van der Waals surface area contributed by atoms with Gasteiger partial charge in [-0.25, -0.2) is 4.98 Å². The number of aryl methyl sites for hydroxylation is 1. The molecule has 12 nitrogen and oxygen atoms in total. The number of nitro groups is 1. The Morgan fingerprint density at radius 1 is 0.891 bits per heavy atom. The molecule has 1 fully saturated rings. The Balaban J connectivity index is 0.906. The molecule has 0 N–H and O–H groups in total. The molecule has 6 rings (SSSR count). The van der Waals surface area contributed by atoms with Crippen molar-refractivity contribution in [3.05, 3.63) is 94.3 Å². The number of aromatic nitrogens is 3. The van der Waals surface area contributed by atoms with Crippen molar-refractivity contribution < 1.29 is 37.0 Å². The zero-order valence-electron chi connectivity index (χ0n) is 24.6. The van der Waals surface area contributed by atoms with E-state index in [4.69, 9.17) is 14.2 Å². The molecule has 0 amide bonds. The maximum Gasteiger partial charge on any atom is 0.573 e. The van der Waals surface area contributed by atoms with Gasteiger partial charge in [-0.1, -0.05) is 24.3 Å². The highest BCUT2D eigenvalue weighted by Crippen LogP contribution is 2.26. The lowest BCUT2D eigenvalue weighted by Crippen LogP contribution is -2.46. The van der Waals surface area contributed by atoms with Gasteiger partial charge in [-0.3, -0.25) is 9.47 Å². The number of hydrogen-bond acceptors (Lipinski definition) is 10. The number of imidazole rings is 1. The molecule has 4 heterocycles. The van der Waals surface area contributed by atoms with Crippen molar-refractivity contribution in [3.63, 3.8) is 0 Å². The van der Waals surface area contributed by atoms with Crippen molar-refractivity contribution in [2.24, 2.45) is 0 Å². The van der Waals surface area contributed by atoms with Gasteiger partial charge < -0.3 is 34.0 Å². The quantitative estimate of drug-likeness (QED) is 0.160. The summed E-state index contributed by atoms with van der Waals surface area (Å²) in [7, 11) is 0. The zero-order valence-corrected chi connectivity index (χ0v) is 24.6. The maximum atomic E-state index is 12.3. The van der Waals surface area contributed by atoms with E-state index in [-0.39, 0.29) is 36.9 Å². The van der Waals surface area contributed by atoms with Gasteiger partial charge in [0.05, 0.1) is 6.20 Å². The number of hydrogen-bond donors (Lipinski definition) is 0. The fourth-order valence-corrected chi connectivity index (χ4v) is 5.21. The molecule has 4 aromatic rings. The molecule has 46 heavy (non-hydrogen) atoms. The van der Waals surface area contributed by atoms with E-state index in [1.54, 1.807) is 10.8 Å². The third-order valence-corrected chi connectivity index (χ3v) is 7.62. The van der Waals surface area contributed by atoms with E-state index in [0.717, 1.165) is 49.7 Å². The molecular formula is C31H31F3N6O6. The highest BCUT2D eigenvalue weighted by Gasteiger charge is 2.31. The first-order valence-corrected chi connectivity index (χ1v) is 14.7. The number of piperazine rings is 1. The number of halogens is 3. The van der Waals surface area contributed by atoms with Crippen LogP contribution in [-0.2, 0) is 19.7 Å². The van der Waals surface area contributed by atoms with Gasteiger partial charge in [-0.05, 0) is 52.4 Å². The van der Waals surface area contributed by atoms with Crippen LogP contribution in [0.3, 0.4) is 0 Å². The van der Waals surface area contributed by atoms with Gasteiger partial charge in [0.2, 0.25) is 0 Å². The van der Waals surface area contributed by atoms with Crippen molar-refractivity contribution in [1.29, 1.82) is 0 Å². The minimum Gasteiger partial charge on any atom is -0.489 e. The van der Waals surface area contributed by atoms with Crippen LogP contribution in [0.5, 0.6) is 23.3 Å². The minimum absolute atomic E-state index is 0.227. The first kappa shape index (κ1) is 31.0. The molecule has 0 radical (unpaired) electrons. The fraction of sp³-hybridized carbons (Fsp3) is 0.355. The molecule has 1 atom stereocenters. The zero-order chi connectivity index (χ0) is 32.1. The Morgan fingerprint density at radius 3 is 2.26 bits per heavy atom. The molecule has 0 aliphatic carbocycles. The number of benzene rings is 2. The lowest BCUT2D eigenvalue weighted by molar-refractivity contribution is -0.389. The monoisotopic (exact) mass is 640 g/mol. The number of fused-ring (bicyclic) bond motifs is 1. The molecule has 0 spiro atoms. The average molecular weight is 641 g/mol. The summed E-state index contributed by atoms with van der Waals surface area (Å²) < 4.78 is 59.9. The Kier molecular flexibility index (Phi) is 9.10. The van der Waals surface area contributed by atoms with Crippen LogP contribution in [0.4, 0.5) is 24.8 Å². The first-order chi connectivity index (χ1) is 22.2. The summed E-state index contributed by atoms with van der Waals surface area (Å²) in [5.74, 6) is 1.67. The van der Waals surface area contributed by atoms with Gasteiger partial charge in [0, 0.05) is 50.7 Å².